The van der Waals surface area contributed by atoms with Crippen LogP contribution >= 0.6 is 11.3 Å². The van der Waals surface area contributed by atoms with E-state index in [2.05, 4.69) is 15.6 Å². The molecule has 0 aliphatic heterocycles. The summed E-state index contributed by atoms with van der Waals surface area (Å²) in [7, 11) is 3.18. The minimum atomic E-state index is -0.126. The van der Waals surface area contributed by atoms with Crippen LogP contribution in [0.1, 0.15) is 27.9 Å². The number of aryl methyl sites for hydroxylation is 1. The summed E-state index contributed by atoms with van der Waals surface area (Å²) in [5, 5.41) is 6.79. The van der Waals surface area contributed by atoms with Crippen molar-refractivity contribution in [2.24, 2.45) is 0 Å². The van der Waals surface area contributed by atoms with Crippen molar-refractivity contribution in [3.05, 3.63) is 34.3 Å². The molecular weight excluding hydrogens is 314 g/mol. The molecule has 0 saturated carbocycles. The topological polar surface area (TPSA) is 72.5 Å². The van der Waals surface area contributed by atoms with Crippen LogP contribution in [0.5, 0.6) is 11.5 Å². The molecule has 1 aromatic carbocycles. The summed E-state index contributed by atoms with van der Waals surface area (Å²) in [5.41, 5.74) is 1.67. The number of carbonyl (C=O) groups excluding carboxylic acids is 1. The van der Waals surface area contributed by atoms with Crippen LogP contribution in [0.2, 0.25) is 0 Å². The molecule has 0 bridgehead atoms. The molecule has 1 aromatic heterocycles. The highest BCUT2D eigenvalue weighted by atomic mass is 32.1. The fourth-order valence-electron chi connectivity index (χ4n) is 2.09. The Morgan fingerprint density at radius 3 is 2.65 bits per heavy atom. The number of nitrogens with one attached hydrogen (secondary N) is 2. The lowest BCUT2D eigenvalue weighted by molar-refractivity contribution is 0.0954. The molecule has 23 heavy (non-hydrogen) atoms. The fraction of sp³-hybridized carbons (Fsp3) is 0.375. The standard InChI is InChI=1S/C16H21N3O3S/c1-5-17-16-19-10(2)14(23-16)15(20)18-9-11-6-7-12(21-3)13(8-11)22-4/h6-8H,5,9H2,1-4H3,(H,17,19)(H,18,20). The molecule has 0 aliphatic carbocycles. The van der Waals surface area contributed by atoms with Crippen LogP contribution in [-0.4, -0.2) is 31.7 Å². The van der Waals surface area contributed by atoms with E-state index in [-0.39, 0.29) is 5.91 Å². The van der Waals surface area contributed by atoms with Crippen molar-refractivity contribution in [1.82, 2.24) is 10.3 Å². The van der Waals surface area contributed by atoms with Gasteiger partial charge in [-0.3, -0.25) is 4.79 Å². The molecule has 2 rings (SSSR count). The van der Waals surface area contributed by atoms with E-state index in [9.17, 15) is 4.79 Å². The van der Waals surface area contributed by atoms with E-state index >= 15 is 0 Å². The summed E-state index contributed by atoms with van der Waals surface area (Å²) in [6.45, 7) is 5.02. The Balaban J connectivity index is 2.04. The van der Waals surface area contributed by atoms with Gasteiger partial charge in [-0.15, -0.1) is 0 Å². The van der Waals surface area contributed by atoms with Crippen molar-refractivity contribution in [2.45, 2.75) is 20.4 Å². The third kappa shape index (κ3) is 4.13. The Morgan fingerprint density at radius 1 is 1.26 bits per heavy atom. The van der Waals surface area contributed by atoms with Crippen molar-refractivity contribution < 1.29 is 14.3 Å². The van der Waals surface area contributed by atoms with Gasteiger partial charge in [-0.1, -0.05) is 17.4 Å². The highest BCUT2D eigenvalue weighted by molar-refractivity contribution is 7.17. The van der Waals surface area contributed by atoms with Crippen molar-refractivity contribution in [3.63, 3.8) is 0 Å². The van der Waals surface area contributed by atoms with Crippen molar-refractivity contribution in [2.75, 3.05) is 26.1 Å². The third-order valence-electron chi connectivity index (χ3n) is 3.23. The first-order valence-corrected chi connectivity index (χ1v) is 8.11. The van der Waals surface area contributed by atoms with Crippen LogP contribution in [0.3, 0.4) is 0 Å². The molecule has 0 saturated heterocycles. The number of nitrogens with zero attached hydrogens (tertiary/aromatic N) is 1. The molecule has 6 nitrogen and oxygen atoms in total. The Morgan fingerprint density at radius 2 is 2.00 bits per heavy atom. The number of anilines is 1. The van der Waals surface area contributed by atoms with Gasteiger partial charge in [-0.05, 0) is 31.5 Å². The SMILES string of the molecule is CCNc1nc(C)c(C(=O)NCc2ccc(OC)c(OC)c2)s1. The quantitative estimate of drug-likeness (QED) is 0.814. The van der Waals surface area contributed by atoms with Gasteiger partial charge in [0.05, 0.1) is 19.9 Å². The number of rotatable bonds is 7. The lowest BCUT2D eigenvalue weighted by atomic mass is 10.2. The monoisotopic (exact) mass is 335 g/mol. The number of thiazole rings is 1. The zero-order valence-electron chi connectivity index (χ0n) is 13.7. The molecule has 124 valence electrons. The van der Waals surface area contributed by atoms with Crippen LogP contribution in [-0.2, 0) is 6.54 Å². The summed E-state index contributed by atoms with van der Waals surface area (Å²) in [6.07, 6.45) is 0. The summed E-state index contributed by atoms with van der Waals surface area (Å²) in [4.78, 5) is 17.3. The Hall–Kier alpha value is -2.28. The first kappa shape index (κ1) is 17.1. The lowest BCUT2D eigenvalue weighted by Crippen LogP contribution is -2.22. The molecule has 2 aromatic rings. The first-order valence-electron chi connectivity index (χ1n) is 7.29. The summed E-state index contributed by atoms with van der Waals surface area (Å²) in [5.74, 6) is 1.18. The van der Waals surface area contributed by atoms with Gasteiger partial charge in [0.15, 0.2) is 16.6 Å². The summed E-state index contributed by atoms with van der Waals surface area (Å²) < 4.78 is 10.5. The van der Waals surface area contributed by atoms with Crippen LogP contribution in [0, 0.1) is 6.92 Å². The first-order chi connectivity index (χ1) is 11.1. The smallest absolute Gasteiger partial charge is 0.263 e. The molecule has 1 heterocycles. The number of aromatic nitrogens is 1. The van der Waals surface area contributed by atoms with E-state index in [0.29, 0.717) is 22.9 Å². The van der Waals surface area contributed by atoms with Crippen molar-refractivity contribution in [3.8, 4) is 11.5 Å². The maximum Gasteiger partial charge on any atom is 0.263 e. The zero-order valence-corrected chi connectivity index (χ0v) is 14.5. The van der Waals surface area contributed by atoms with Crippen LogP contribution in [0.25, 0.3) is 0 Å². The van der Waals surface area contributed by atoms with Gasteiger partial charge in [-0.25, -0.2) is 4.98 Å². The number of amides is 1. The molecule has 0 atom stereocenters. The Kier molecular flexibility index (Phi) is 5.81. The molecule has 0 fully saturated rings. The minimum absolute atomic E-state index is 0.126. The third-order valence-corrected chi connectivity index (χ3v) is 4.35. The van der Waals surface area contributed by atoms with Gasteiger partial charge in [0, 0.05) is 13.1 Å². The second-order valence-corrected chi connectivity index (χ2v) is 5.83. The van der Waals surface area contributed by atoms with E-state index < -0.39 is 0 Å². The predicted octanol–water partition coefficient (Wildman–Crippen LogP) is 2.83. The highest BCUT2D eigenvalue weighted by Gasteiger charge is 2.15. The number of carbonyl (C=O) groups is 1. The van der Waals surface area contributed by atoms with Crippen LogP contribution in [0.15, 0.2) is 18.2 Å². The number of methoxy groups -OCH3 is 2. The van der Waals surface area contributed by atoms with Gasteiger partial charge in [0.25, 0.3) is 5.91 Å². The van der Waals surface area contributed by atoms with Crippen molar-refractivity contribution in [1.29, 1.82) is 0 Å². The normalized spacial score (nSPS) is 10.3. The molecule has 0 radical (unpaired) electrons. The van der Waals surface area contributed by atoms with E-state index in [1.165, 1.54) is 11.3 Å². The maximum atomic E-state index is 12.3. The average molecular weight is 335 g/mol. The zero-order chi connectivity index (χ0) is 16.8. The van der Waals surface area contributed by atoms with Gasteiger partial charge in [0.2, 0.25) is 0 Å². The molecule has 2 N–H and O–H groups in total. The Labute approximate surface area is 139 Å². The molecule has 0 spiro atoms. The number of ether oxygens (including phenoxy) is 2. The largest absolute Gasteiger partial charge is 0.493 e. The molecule has 1 amide bonds. The molecule has 0 unspecified atom stereocenters. The number of benzene rings is 1. The Bertz CT molecular complexity index is 685. The second kappa shape index (κ2) is 7.82. The van der Waals surface area contributed by atoms with E-state index in [1.54, 1.807) is 14.2 Å². The molecule has 7 heteroatoms. The van der Waals surface area contributed by atoms with Crippen LogP contribution < -0.4 is 20.1 Å². The summed E-state index contributed by atoms with van der Waals surface area (Å²) >= 11 is 1.36. The highest BCUT2D eigenvalue weighted by Crippen LogP contribution is 2.27. The van der Waals surface area contributed by atoms with Gasteiger partial charge >= 0.3 is 0 Å². The van der Waals surface area contributed by atoms with Gasteiger partial charge < -0.3 is 20.1 Å². The van der Waals surface area contributed by atoms with E-state index in [0.717, 1.165) is 22.9 Å². The maximum absolute atomic E-state index is 12.3. The fourth-order valence-corrected chi connectivity index (χ4v) is 3.04. The van der Waals surface area contributed by atoms with Crippen molar-refractivity contribution >= 4 is 22.4 Å². The van der Waals surface area contributed by atoms with E-state index in [4.69, 9.17) is 9.47 Å². The number of hydrogen-bond donors (Lipinski definition) is 2. The summed E-state index contributed by atoms with van der Waals surface area (Å²) in [6, 6.07) is 5.56. The van der Waals surface area contributed by atoms with Gasteiger partial charge in [0.1, 0.15) is 4.88 Å². The molecule has 0 aliphatic rings. The van der Waals surface area contributed by atoms with Gasteiger partial charge in [-0.2, -0.15) is 0 Å². The molecular formula is C16H21N3O3S. The van der Waals surface area contributed by atoms with Crippen LogP contribution in [0.4, 0.5) is 5.13 Å². The minimum Gasteiger partial charge on any atom is -0.493 e. The second-order valence-electron chi connectivity index (χ2n) is 4.84. The predicted molar refractivity (Wildman–Crippen MR) is 91.7 cm³/mol. The van der Waals surface area contributed by atoms with E-state index in [1.807, 2.05) is 32.0 Å². The lowest BCUT2D eigenvalue weighted by Gasteiger charge is -2.10. The number of hydrogen-bond acceptors (Lipinski definition) is 6. The average Bonchev–Trinajstić information content (AvgIpc) is 2.93.